The van der Waals surface area contributed by atoms with Crippen LogP contribution in [0.2, 0.25) is 0 Å². The average molecular weight is 360 g/mol. The van der Waals surface area contributed by atoms with E-state index in [9.17, 15) is 17.2 Å². The highest BCUT2D eigenvalue weighted by Crippen LogP contribution is 2.21. The molecule has 0 aliphatic heterocycles. The van der Waals surface area contributed by atoms with Gasteiger partial charge in [0.25, 0.3) is 10.0 Å². The van der Waals surface area contributed by atoms with Crippen LogP contribution in [0.15, 0.2) is 77.7 Å². The summed E-state index contributed by atoms with van der Waals surface area (Å²) in [5, 5.41) is 3.07. The lowest BCUT2D eigenvalue weighted by Crippen LogP contribution is -2.12. The number of anilines is 3. The first kappa shape index (κ1) is 16.9. The first-order valence-corrected chi connectivity index (χ1v) is 8.82. The van der Waals surface area contributed by atoms with Gasteiger partial charge < -0.3 is 5.32 Å². The summed E-state index contributed by atoms with van der Waals surface area (Å²) in [4.78, 5) is -0.0255. The molecule has 3 aromatic rings. The van der Waals surface area contributed by atoms with Crippen LogP contribution in [0.4, 0.5) is 25.8 Å². The quantitative estimate of drug-likeness (QED) is 0.704. The minimum absolute atomic E-state index is 0.0255. The maximum atomic E-state index is 12.9. The summed E-state index contributed by atoms with van der Waals surface area (Å²) in [7, 11) is -3.79. The summed E-state index contributed by atoms with van der Waals surface area (Å²) in [5.41, 5.74) is 1.80. The second kappa shape index (κ2) is 6.90. The first-order chi connectivity index (χ1) is 11.9. The van der Waals surface area contributed by atoms with Crippen molar-refractivity contribution in [2.75, 3.05) is 10.0 Å². The smallest absolute Gasteiger partial charge is 0.261 e. The van der Waals surface area contributed by atoms with Crippen LogP contribution in [0.25, 0.3) is 0 Å². The largest absolute Gasteiger partial charge is 0.356 e. The molecule has 2 N–H and O–H groups in total. The van der Waals surface area contributed by atoms with Crippen molar-refractivity contribution in [1.29, 1.82) is 0 Å². The Morgan fingerprint density at radius 3 is 1.52 bits per heavy atom. The number of hydrogen-bond donors (Lipinski definition) is 2. The molecule has 25 heavy (non-hydrogen) atoms. The lowest BCUT2D eigenvalue weighted by molar-refractivity contribution is 0.599. The van der Waals surface area contributed by atoms with Gasteiger partial charge in [-0.05, 0) is 72.8 Å². The third-order valence-corrected chi connectivity index (χ3v) is 4.79. The Kier molecular flexibility index (Phi) is 4.67. The molecule has 0 saturated carbocycles. The van der Waals surface area contributed by atoms with Crippen molar-refractivity contribution in [3.63, 3.8) is 0 Å². The first-order valence-electron chi connectivity index (χ1n) is 7.33. The normalized spacial score (nSPS) is 11.1. The van der Waals surface area contributed by atoms with Gasteiger partial charge in [0.2, 0.25) is 0 Å². The van der Waals surface area contributed by atoms with E-state index in [2.05, 4.69) is 10.0 Å². The summed E-state index contributed by atoms with van der Waals surface area (Å²) < 4.78 is 52.7. The van der Waals surface area contributed by atoms with E-state index in [1.165, 1.54) is 24.3 Å². The van der Waals surface area contributed by atoms with E-state index in [0.717, 1.165) is 17.8 Å². The average Bonchev–Trinajstić information content (AvgIpc) is 2.59. The van der Waals surface area contributed by atoms with Gasteiger partial charge in [0.15, 0.2) is 0 Å². The minimum atomic E-state index is -3.79. The van der Waals surface area contributed by atoms with Crippen molar-refractivity contribution in [2.45, 2.75) is 4.90 Å². The summed E-state index contributed by atoms with van der Waals surface area (Å²) in [6.07, 6.45) is 0. The summed E-state index contributed by atoms with van der Waals surface area (Å²) >= 11 is 0. The maximum Gasteiger partial charge on any atom is 0.261 e. The van der Waals surface area contributed by atoms with Gasteiger partial charge in [-0.1, -0.05) is 0 Å². The van der Waals surface area contributed by atoms with Crippen molar-refractivity contribution < 1.29 is 17.2 Å². The van der Waals surface area contributed by atoms with Crippen LogP contribution in [-0.2, 0) is 10.0 Å². The van der Waals surface area contributed by atoms with Crippen LogP contribution in [0.3, 0.4) is 0 Å². The Morgan fingerprint density at radius 1 is 0.600 bits per heavy atom. The number of rotatable bonds is 5. The highest BCUT2D eigenvalue weighted by Gasteiger charge is 2.14. The second-order valence-corrected chi connectivity index (χ2v) is 6.95. The summed E-state index contributed by atoms with van der Waals surface area (Å²) in [6.45, 7) is 0. The summed E-state index contributed by atoms with van der Waals surface area (Å²) in [6, 6.07) is 17.0. The van der Waals surface area contributed by atoms with Gasteiger partial charge in [-0.2, -0.15) is 0 Å². The Balaban J connectivity index is 1.71. The van der Waals surface area contributed by atoms with Crippen LogP contribution in [0.1, 0.15) is 0 Å². The molecule has 0 aromatic heterocycles. The zero-order valence-corrected chi connectivity index (χ0v) is 13.7. The molecule has 0 spiro atoms. The number of halogens is 2. The fraction of sp³-hybridized carbons (Fsp3) is 0. The van der Waals surface area contributed by atoms with E-state index >= 15 is 0 Å². The highest BCUT2D eigenvalue weighted by atomic mass is 32.2. The van der Waals surface area contributed by atoms with Crippen LogP contribution in [0.5, 0.6) is 0 Å². The molecule has 0 atom stereocenters. The van der Waals surface area contributed by atoms with Crippen molar-refractivity contribution >= 4 is 27.1 Å². The standard InChI is InChI=1S/C18H14F2N2O2S/c19-13-1-5-15(6-2-13)21-16-7-9-17(10-8-16)22-25(23,24)18-11-3-14(20)4-12-18/h1-12,21-22H. The topological polar surface area (TPSA) is 58.2 Å². The van der Waals surface area contributed by atoms with Gasteiger partial charge >= 0.3 is 0 Å². The molecule has 4 nitrogen and oxygen atoms in total. The van der Waals surface area contributed by atoms with E-state index in [1.807, 2.05) is 0 Å². The third-order valence-electron chi connectivity index (χ3n) is 3.39. The zero-order valence-electron chi connectivity index (χ0n) is 12.9. The summed E-state index contributed by atoms with van der Waals surface area (Å²) in [5.74, 6) is -0.828. The van der Waals surface area contributed by atoms with Crippen LogP contribution >= 0.6 is 0 Å². The van der Waals surface area contributed by atoms with Gasteiger partial charge in [-0.25, -0.2) is 17.2 Å². The Bertz CT molecular complexity index is 955. The lowest BCUT2D eigenvalue weighted by Gasteiger charge is -2.10. The molecule has 3 aromatic carbocycles. The van der Waals surface area contributed by atoms with E-state index in [-0.39, 0.29) is 10.7 Å². The zero-order chi connectivity index (χ0) is 17.9. The molecule has 0 aliphatic carbocycles. The number of hydrogen-bond acceptors (Lipinski definition) is 3. The number of nitrogens with one attached hydrogen (secondary N) is 2. The van der Waals surface area contributed by atoms with E-state index < -0.39 is 15.8 Å². The van der Waals surface area contributed by atoms with Crippen LogP contribution in [-0.4, -0.2) is 8.42 Å². The predicted molar refractivity (Wildman–Crippen MR) is 93.3 cm³/mol. The Hall–Kier alpha value is -2.93. The van der Waals surface area contributed by atoms with Gasteiger partial charge in [0.05, 0.1) is 4.90 Å². The molecule has 3 rings (SSSR count). The second-order valence-electron chi connectivity index (χ2n) is 5.27. The van der Waals surface area contributed by atoms with Crippen molar-refractivity contribution in [3.05, 3.63) is 84.4 Å². The third kappa shape index (κ3) is 4.33. The molecular formula is C18H14F2N2O2S. The Labute approximate surface area is 144 Å². The molecule has 0 fully saturated rings. The van der Waals surface area contributed by atoms with Crippen LogP contribution < -0.4 is 10.0 Å². The molecule has 0 bridgehead atoms. The minimum Gasteiger partial charge on any atom is -0.356 e. The van der Waals surface area contributed by atoms with Crippen molar-refractivity contribution in [2.24, 2.45) is 0 Å². The fourth-order valence-electron chi connectivity index (χ4n) is 2.15. The van der Waals surface area contributed by atoms with Crippen molar-refractivity contribution in [3.8, 4) is 0 Å². The molecule has 0 heterocycles. The lowest BCUT2D eigenvalue weighted by atomic mass is 10.2. The SMILES string of the molecule is O=S(=O)(Nc1ccc(Nc2ccc(F)cc2)cc1)c1ccc(F)cc1. The number of sulfonamides is 1. The predicted octanol–water partition coefficient (Wildman–Crippen LogP) is 4.51. The molecule has 0 radical (unpaired) electrons. The van der Waals surface area contributed by atoms with E-state index in [0.29, 0.717) is 11.4 Å². The van der Waals surface area contributed by atoms with Gasteiger partial charge in [0.1, 0.15) is 11.6 Å². The monoisotopic (exact) mass is 360 g/mol. The molecule has 128 valence electrons. The maximum absolute atomic E-state index is 12.9. The van der Waals surface area contributed by atoms with E-state index in [4.69, 9.17) is 0 Å². The van der Waals surface area contributed by atoms with Crippen LogP contribution in [0, 0.1) is 11.6 Å². The van der Waals surface area contributed by atoms with Gasteiger partial charge in [-0.15, -0.1) is 0 Å². The number of benzene rings is 3. The molecule has 0 amide bonds. The van der Waals surface area contributed by atoms with E-state index in [1.54, 1.807) is 36.4 Å². The Morgan fingerprint density at radius 2 is 1.00 bits per heavy atom. The molecule has 0 aliphatic rings. The fourth-order valence-corrected chi connectivity index (χ4v) is 3.21. The highest BCUT2D eigenvalue weighted by molar-refractivity contribution is 7.92. The molecule has 7 heteroatoms. The van der Waals surface area contributed by atoms with Gasteiger partial charge in [-0.3, -0.25) is 4.72 Å². The molecular weight excluding hydrogens is 346 g/mol. The van der Waals surface area contributed by atoms with Gasteiger partial charge in [0, 0.05) is 17.1 Å². The molecule has 0 saturated heterocycles. The molecule has 0 unspecified atom stereocenters. The van der Waals surface area contributed by atoms with Crippen molar-refractivity contribution in [1.82, 2.24) is 0 Å².